The van der Waals surface area contributed by atoms with E-state index < -0.39 is 5.97 Å². The third kappa shape index (κ3) is 3.69. The van der Waals surface area contributed by atoms with Crippen LogP contribution in [0.5, 0.6) is 0 Å². The lowest BCUT2D eigenvalue weighted by Gasteiger charge is -2.18. The van der Waals surface area contributed by atoms with E-state index in [1.807, 2.05) is 19.1 Å². The lowest BCUT2D eigenvalue weighted by molar-refractivity contribution is 0.0696. The Kier molecular flexibility index (Phi) is 4.76. The Balaban J connectivity index is 2.21. The number of nitrogens with one attached hydrogen (secondary N) is 1. The van der Waals surface area contributed by atoms with E-state index in [0.717, 1.165) is 11.3 Å². The second-order valence-electron chi connectivity index (χ2n) is 4.87. The van der Waals surface area contributed by atoms with E-state index in [0.29, 0.717) is 21.2 Å². The van der Waals surface area contributed by atoms with E-state index in [1.165, 1.54) is 0 Å². The first kappa shape index (κ1) is 15.7. The van der Waals surface area contributed by atoms with Gasteiger partial charge in [0.05, 0.1) is 5.56 Å². The molecule has 0 fully saturated rings. The summed E-state index contributed by atoms with van der Waals surface area (Å²) in [4.78, 5) is 11.0. The second kappa shape index (κ2) is 6.37. The van der Waals surface area contributed by atoms with Crippen molar-refractivity contribution >= 4 is 34.9 Å². The molecule has 0 aliphatic heterocycles. The number of carboxylic acids is 1. The van der Waals surface area contributed by atoms with Crippen LogP contribution in [0.25, 0.3) is 0 Å². The molecule has 0 radical (unpaired) electrons. The highest BCUT2D eigenvalue weighted by molar-refractivity contribution is 6.35. The quantitative estimate of drug-likeness (QED) is 0.815. The fourth-order valence-electron chi connectivity index (χ4n) is 2.17. The van der Waals surface area contributed by atoms with Gasteiger partial charge in [0.2, 0.25) is 0 Å². The predicted octanol–water partition coefficient (Wildman–Crippen LogP) is 5.17. The van der Waals surface area contributed by atoms with Crippen molar-refractivity contribution in [3.8, 4) is 0 Å². The van der Waals surface area contributed by atoms with E-state index in [1.54, 1.807) is 31.2 Å². The Morgan fingerprint density at radius 3 is 2.48 bits per heavy atom. The minimum atomic E-state index is -0.923. The average molecular weight is 324 g/mol. The standard InChI is InChI=1S/C16H15Cl2NO2/c1-9-7-12(4-6-13(9)16(20)21)19-10(2)14-5-3-11(17)8-15(14)18/h3-8,10,19H,1-2H3,(H,20,21). The number of aromatic carboxylic acids is 1. The fourth-order valence-corrected chi connectivity index (χ4v) is 2.75. The topological polar surface area (TPSA) is 49.3 Å². The van der Waals surface area contributed by atoms with Crippen LogP contribution in [0, 0.1) is 6.92 Å². The molecule has 21 heavy (non-hydrogen) atoms. The highest BCUT2D eigenvalue weighted by Gasteiger charge is 2.12. The molecule has 0 heterocycles. The zero-order valence-corrected chi connectivity index (χ0v) is 13.2. The molecule has 0 aliphatic carbocycles. The van der Waals surface area contributed by atoms with E-state index >= 15 is 0 Å². The summed E-state index contributed by atoms with van der Waals surface area (Å²) in [6, 6.07) is 10.5. The minimum absolute atomic E-state index is 0.0233. The lowest BCUT2D eigenvalue weighted by atomic mass is 10.1. The number of carboxylic acid groups (broad SMARTS) is 1. The molecular formula is C16H15Cl2NO2. The number of hydrogen-bond donors (Lipinski definition) is 2. The molecule has 0 aliphatic rings. The van der Waals surface area contributed by atoms with Gasteiger partial charge in [0.1, 0.15) is 0 Å². The van der Waals surface area contributed by atoms with Gasteiger partial charge in [-0.15, -0.1) is 0 Å². The molecule has 0 aromatic heterocycles. The van der Waals surface area contributed by atoms with E-state index in [4.69, 9.17) is 28.3 Å². The summed E-state index contributed by atoms with van der Waals surface area (Å²) in [6.45, 7) is 3.75. The van der Waals surface area contributed by atoms with Gasteiger partial charge in [0.15, 0.2) is 0 Å². The Hall–Kier alpha value is -1.71. The summed E-state index contributed by atoms with van der Waals surface area (Å²) in [7, 11) is 0. The SMILES string of the molecule is Cc1cc(NC(C)c2ccc(Cl)cc2Cl)ccc1C(=O)O. The highest BCUT2D eigenvalue weighted by Crippen LogP contribution is 2.29. The van der Waals surface area contributed by atoms with Crippen molar-refractivity contribution in [2.24, 2.45) is 0 Å². The molecular weight excluding hydrogens is 309 g/mol. The van der Waals surface area contributed by atoms with Crippen LogP contribution in [-0.2, 0) is 0 Å². The van der Waals surface area contributed by atoms with Gasteiger partial charge in [0, 0.05) is 21.8 Å². The van der Waals surface area contributed by atoms with Gasteiger partial charge in [0.25, 0.3) is 0 Å². The molecule has 1 unspecified atom stereocenters. The van der Waals surface area contributed by atoms with Crippen molar-refractivity contribution < 1.29 is 9.90 Å². The maximum atomic E-state index is 11.0. The third-order valence-corrected chi connectivity index (χ3v) is 3.83. The van der Waals surface area contributed by atoms with Gasteiger partial charge in [-0.05, 0) is 55.3 Å². The first-order valence-corrected chi connectivity index (χ1v) is 7.19. The predicted molar refractivity (Wildman–Crippen MR) is 86.6 cm³/mol. The molecule has 0 spiro atoms. The number of anilines is 1. The Bertz CT molecular complexity index is 686. The molecule has 0 amide bonds. The number of benzene rings is 2. The zero-order chi connectivity index (χ0) is 15.6. The molecule has 1 atom stereocenters. The van der Waals surface area contributed by atoms with Crippen LogP contribution in [-0.4, -0.2) is 11.1 Å². The molecule has 2 aromatic carbocycles. The molecule has 2 N–H and O–H groups in total. The van der Waals surface area contributed by atoms with Crippen molar-refractivity contribution in [1.29, 1.82) is 0 Å². The van der Waals surface area contributed by atoms with E-state index in [9.17, 15) is 4.79 Å². The van der Waals surface area contributed by atoms with Gasteiger partial charge < -0.3 is 10.4 Å². The normalized spacial score (nSPS) is 12.0. The van der Waals surface area contributed by atoms with Gasteiger partial charge in [-0.2, -0.15) is 0 Å². The van der Waals surface area contributed by atoms with Crippen LogP contribution < -0.4 is 5.32 Å². The maximum Gasteiger partial charge on any atom is 0.335 e. The number of carbonyl (C=O) groups is 1. The number of rotatable bonds is 4. The van der Waals surface area contributed by atoms with Crippen molar-refractivity contribution in [3.63, 3.8) is 0 Å². The molecule has 0 bridgehead atoms. The average Bonchev–Trinajstić information content (AvgIpc) is 2.37. The molecule has 0 saturated carbocycles. The Morgan fingerprint density at radius 2 is 1.90 bits per heavy atom. The van der Waals surface area contributed by atoms with Gasteiger partial charge in [-0.25, -0.2) is 4.79 Å². The number of halogens is 2. The van der Waals surface area contributed by atoms with E-state index in [2.05, 4.69) is 5.32 Å². The molecule has 2 rings (SSSR count). The van der Waals surface area contributed by atoms with Crippen LogP contribution in [0.2, 0.25) is 10.0 Å². The Labute approximate surface area is 133 Å². The monoisotopic (exact) mass is 323 g/mol. The summed E-state index contributed by atoms with van der Waals surface area (Å²) in [5.41, 5.74) is 2.79. The summed E-state index contributed by atoms with van der Waals surface area (Å²) in [6.07, 6.45) is 0. The number of hydrogen-bond acceptors (Lipinski definition) is 2. The Morgan fingerprint density at radius 1 is 1.19 bits per heavy atom. The van der Waals surface area contributed by atoms with Crippen LogP contribution in [0.3, 0.4) is 0 Å². The fraction of sp³-hybridized carbons (Fsp3) is 0.188. The lowest BCUT2D eigenvalue weighted by Crippen LogP contribution is -2.08. The summed E-state index contributed by atoms with van der Waals surface area (Å²) in [5.74, 6) is -0.923. The summed E-state index contributed by atoms with van der Waals surface area (Å²) < 4.78 is 0. The van der Waals surface area contributed by atoms with Gasteiger partial charge in [-0.1, -0.05) is 29.3 Å². The van der Waals surface area contributed by atoms with Gasteiger partial charge >= 0.3 is 5.97 Å². The maximum absolute atomic E-state index is 11.0. The van der Waals surface area contributed by atoms with Crippen molar-refractivity contribution in [3.05, 3.63) is 63.1 Å². The first-order valence-electron chi connectivity index (χ1n) is 6.44. The van der Waals surface area contributed by atoms with Gasteiger partial charge in [-0.3, -0.25) is 0 Å². The molecule has 2 aromatic rings. The highest BCUT2D eigenvalue weighted by atomic mass is 35.5. The zero-order valence-electron chi connectivity index (χ0n) is 11.7. The smallest absolute Gasteiger partial charge is 0.335 e. The summed E-state index contributed by atoms with van der Waals surface area (Å²) in [5, 5.41) is 13.5. The summed E-state index contributed by atoms with van der Waals surface area (Å²) >= 11 is 12.1. The molecule has 0 saturated heterocycles. The van der Waals surface area contributed by atoms with E-state index in [-0.39, 0.29) is 6.04 Å². The van der Waals surface area contributed by atoms with Crippen molar-refractivity contribution in [2.75, 3.05) is 5.32 Å². The minimum Gasteiger partial charge on any atom is -0.478 e. The third-order valence-electron chi connectivity index (χ3n) is 3.27. The second-order valence-corrected chi connectivity index (χ2v) is 5.71. The largest absolute Gasteiger partial charge is 0.478 e. The van der Waals surface area contributed by atoms with Crippen molar-refractivity contribution in [2.45, 2.75) is 19.9 Å². The molecule has 5 heteroatoms. The first-order chi connectivity index (χ1) is 9.88. The van der Waals surface area contributed by atoms with Crippen LogP contribution >= 0.6 is 23.2 Å². The van der Waals surface area contributed by atoms with Crippen LogP contribution in [0.15, 0.2) is 36.4 Å². The molecule has 3 nitrogen and oxygen atoms in total. The molecule has 110 valence electrons. The van der Waals surface area contributed by atoms with Crippen molar-refractivity contribution in [1.82, 2.24) is 0 Å². The van der Waals surface area contributed by atoms with Crippen LogP contribution in [0.1, 0.15) is 34.5 Å². The number of aryl methyl sites for hydroxylation is 1. The van der Waals surface area contributed by atoms with Crippen LogP contribution in [0.4, 0.5) is 5.69 Å².